The SMILES string of the molecule is CCOC(=O)C(C(C)=O)C(=O)c1ccc(NCCCCCCCCCCCCCCCC(F)(F)F)cc1. The molecule has 0 saturated heterocycles. The van der Waals surface area contributed by atoms with Gasteiger partial charge < -0.3 is 10.1 Å². The Labute approximate surface area is 219 Å². The van der Waals surface area contributed by atoms with Crippen LogP contribution in [-0.4, -0.2) is 36.9 Å². The van der Waals surface area contributed by atoms with Gasteiger partial charge in [-0.1, -0.05) is 70.6 Å². The number of nitrogens with one attached hydrogen (secondary N) is 1. The van der Waals surface area contributed by atoms with E-state index in [1.807, 2.05) is 0 Å². The number of unbranched alkanes of at least 4 members (excludes halogenated alkanes) is 12. The number of ketones is 2. The van der Waals surface area contributed by atoms with Crippen LogP contribution in [0.15, 0.2) is 24.3 Å². The van der Waals surface area contributed by atoms with Crippen LogP contribution in [0.2, 0.25) is 0 Å². The lowest BCUT2D eigenvalue weighted by molar-refractivity contribution is -0.149. The molecule has 1 rings (SSSR count). The van der Waals surface area contributed by atoms with Crippen molar-refractivity contribution in [3.8, 4) is 0 Å². The van der Waals surface area contributed by atoms with Gasteiger partial charge in [0.25, 0.3) is 0 Å². The van der Waals surface area contributed by atoms with E-state index in [4.69, 9.17) is 4.74 Å². The maximum atomic E-state index is 12.6. The lowest BCUT2D eigenvalue weighted by Crippen LogP contribution is -2.32. The number of anilines is 1. The first kappa shape index (κ1) is 32.6. The highest BCUT2D eigenvalue weighted by Gasteiger charge is 2.33. The van der Waals surface area contributed by atoms with E-state index in [1.165, 1.54) is 45.4 Å². The van der Waals surface area contributed by atoms with Crippen LogP contribution in [0.5, 0.6) is 0 Å². The summed E-state index contributed by atoms with van der Waals surface area (Å²) in [6, 6.07) is 6.79. The first-order valence-electron chi connectivity index (χ1n) is 13.8. The van der Waals surface area contributed by atoms with Gasteiger partial charge in [-0.25, -0.2) is 0 Å². The molecule has 5 nitrogen and oxygen atoms in total. The van der Waals surface area contributed by atoms with Crippen molar-refractivity contribution in [2.24, 2.45) is 5.92 Å². The summed E-state index contributed by atoms with van der Waals surface area (Å²) in [7, 11) is 0. The molecule has 0 heterocycles. The van der Waals surface area contributed by atoms with Crippen LogP contribution in [0.4, 0.5) is 18.9 Å². The number of halogens is 3. The minimum atomic E-state index is -4.01. The molecular formula is C29H44F3NO4. The van der Waals surface area contributed by atoms with Crippen molar-refractivity contribution in [1.82, 2.24) is 0 Å². The summed E-state index contributed by atoms with van der Waals surface area (Å²) < 4.78 is 41.1. The summed E-state index contributed by atoms with van der Waals surface area (Å²) in [5.74, 6) is -3.29. The molecule has 0 aliphatic carbocycles. The molecule has 0 radical (unpaired) electrons. The number of carbonyl (C=O) groups excluding carboxylic acids is 3. The van der Waals surface area contributed by atoms with Crippen molar-refractivity contribution in [2.45, 2.75) is 110 Å². The number of benzene rings is 1. The summed E-state index contributed by atoms with van der Waals surface area (Å²) in [6.07, 6.45) is 8.75. The summed E-state index contributed by atoms with van der Waals surface area (Å²) in [5.41, 5.74) is 1.19. The molecule has 0 aliphatic rings. The molecule has 1 aromatic rings. The largest absolute Gasteiger partial charge is 0.465 e. The van der Waals surface area contributed by atoms with E-state index in [-0.39, 0.29) is 13.0 Å². The second-order valence-corrected chi connectivity index (χ2v) is 9.63. The third-order valence-electron chi connectivity index (χ3n) is 6.33. The lowest BCUT2D eigenvalue weighted by atomic mass is 9.94. The first-order chi connectivity index (χ1) is 17.7. The predicted molar refractivity (Wildman–Crippen MR) is 141 cm³/mol. The van der Waals surface area contributed by atoms with Gasteiger partial charge in [-0.3, -0.25) is 14.4 Å². The molecule has 8 heteroatoms. The van der Waals surface area contributed by atoms with E-state index in [0.717, 1.165) is 44.3 Å². The summed E-state index contributed by atoms with van der Waals surface area (Å²) >= 11 is 0. The standard InChI is InChI=1S/C29H44F3NO4/c1-3-37-28(36)26(23(2)34)27(35)24-17-19-25(20-18-24)33-22-16-14-12-10-8-6-4-5-7-9-11-13-15-21-29(30,31)32/h17-20,26,33H,3-16,21-22H2,1-2H3. The Morgan fingerprint density at radius 2 is 1.24 bits per heavy atom. The van der Waals surface area contributed by atoms with Crippen LogP contribution in [0.25, 0.3) is 0 Å². The molecular weight excluding hydrogens is 483 g/mol. The maximum absolute atomic E-state index is 12.6. The number of hydrogen-bond donors (Lipinski definition) is 1. The van der Waals surface area contributed by atoms with Crippen molar-refractivity contribution in [1.29, 1.82) is 0 Å². The van der Waals surface area contributed by atoms with Gasteiger partial charge in [0.05, 0.1) is 6.61 Å². The van der Waals surface area contributed by atoms with Gasteiger partial charge in [0, 0.05) is 24.2 Å². The Balaban J connectivity index is 2.06. The van der Waals surface area contributed by atoms with Crippen molar-refractivity contribution < 1.29 is 32.3 Å². The fraction of sp³-hybridized carbons (Fsp3) is 0.690. The van der Waals surface area contributed by atoms with Crippen LogP contribution in [0.3, 0.4) is 0 Å². The molecule has 0 amide bonds. The number of esters is 1. The molecule has 0 bridgehead atoms. The van der Waals surface area contributed by atoms with Crippen LogP contribution in [0.1, 0.15) is 114 Å². The van der Waals surface area contributed by atoms with Crippen LogP contribution in [0, 0.1) is 5.92 Å². The average molecular weight is 528 g/mol. The number of Topliss-reactive ketones (excluding diaryl/α,β-unsaturated/α-hetero) is 2. The summed E-state index contributed by atoms with van der Waals surface area (Å²) in [4.78, 5) is 36.3. The quantitative estimate of drug-likeness (QED) is 0.0757. The van der Waals surface area contributed by atoms with E-state index in [1.54, 1.807) is 31.2 Å². The fourth-order valence-electron chi connectivity index (χ4n) is 4.23. The zero-order chi connectivity index (χ0) is 27.5. The minimum absolute atomic E-state index is 0.111. The molecule has 1 atom stereocenters. The van der Waals surface area contributed by atoms with Crippen molar-refractivity contribution in [2.75, 3.05) is 18.5 Å². The minimum Gasteiger partial charge on any atom is -0.465 e. The Hall–Kier alpha value is -2.38. The third kappa shape index (κ3) is 15.5. The third-order valence-corrected chi connectivity index (χ3v) is 6.33. The Morgan fingerprint density at radius 1 is 0.784 bits per heavy atom. The van der Waals surface area contributed by atoms with Gasteiger partial charge in [0.15, 0.2) is 17.5 Å². The highest BCUT2D eigenvalue weighted by molar-refractivity contribution is 6.22. The number of ether oxygens (including phenoxy) is 1. The lowest BCUT2D eigenvalue weighted by Gasteiger charge is -2.12. The Kier molecular flexibility index (Phi) is 16.6. The monoisotopic (exact) mass is 527 g/mol. The van der Waals surface area contributed by atoms with Gasteiger partial charge in [-0.2, -0.15) is 13.2 Å². The highest BCUT2D eigenvalue weighted by Crippen LogP contribution is 2.23. The number of hydrogen-bond acceptors (Lipinski definition) is 5. The normalized spacial score (nSPS) is 12.2. The molecule has 0 spiro atoms. The van der Waals surface area contributed by atoms with Gasteiger partial charge in [-0.15, -0.1) is 0 Å². The van der Waals surface area contributed by atoms with E-state index in [9.17, 15) is 27.6 Å². The molecule has 1 unspecified atom stereocenters. The maximum Gasteiger partial charge on any atom is 0.389 e. The smallest absolute Gasteiger partial charge is 0.389 e. The average Bonchev–Trinajstić information content (AvgIpc) is 2.83. The second kappa shape index (κ2) is 18.8. The Bertz CT molecular complexity index is 793. The van der Waals surface area contributed by atoms with Crippen molar-refractivity contribution in [3.05, 3.63) is 29.8 Å². The summed E-state index contributed by atoms with van der Waals surface area (Å²) in [6.45, 7) is 3.79. The number of rotatable bonds is 21. The van der Waals surface area contributed by atoms with E-state index in [0.29, 0.717) is 12.0 Å². The highest BCUT2D eigenvalue weighted by atomic mass is 19.4. The van der Waals surface area contributed by atoms with Gasteiger partial charge in [-0.05, 0) is 51.0 Å². The topological polar surface area (TPSA) is 72.5 Å². The van der Waals surface area contributed by atoms with Crippen LogP contribution >= 0.6 is 0 Å². The van der Waals surface area contributed by atoms with Crippen molar-refractivity contribution in [3.63, 3.8) is 0 Å². The van der Waals surface area contributed by atoms with Gasteiger partial charge in [0.1, 0.15) is 0 Å². The molecule has 0 saturated carbocycles. The zero-order valence-corrected chi connectivity index (χ0v) is 22.5. The molecule has 1 N–H and O–H groups in total. The van der Waals surface area contributed by atoms with Crippen LogP contribution < -0.4 is 5.32 Å². The van der Waals surface area contributed by atoms with Crippen LogP contribution in [-0.2, 0) is 14.3 Å². The fourth-order valence-corrected chi connectivity index (χ4v) is 4.23. The zero-order valence-electron chi connectivity index (χ0n) is 22.5. The molecule has 210 valence electrons. The number of carbonyl (C=O) groups is 3. The molecule has 0 aromatic heterocycles. The predicted octanol–water partition coefficient (Wildman–Crippen LogP) is 8.07. The van der Waals surface area contributed by atoms with Crippen molar-refractivity contribution >= 4 is 23.2 Å². The molecule has 1 aromatic carbocycles. The summed E-state index contributed by atoms with van der Waals surface area (Å²) in [5, 5.41) is 3.33. The first-order valence-corrected chi connectivity index (χ1v) is 13.8. The molecule has 0 aliphatic heterocycles. The van der Waals surface area contributed by atoms with E-state index in [2.05, 4.69) is 5.32 Å². The number of alkyl halides is 3. The Morgan fingerprint density at radius 3 is 1.68 bits per heavy atom. The molecule has 37 heavy (non-hydrogen) atoms. The van der Waals surface area contributed by atoms with E-state index >= 15 is 0 Å². The second-order valence-electron chi connectivity index (χ2n) is 9.63. The van der Waals surface area contributed by atoms with Gasteiger partial charge >= 0.3 is 12.1 Å². The van der Waals surface area contributed by atoms with E-state index < -0.39 is 36.1 Å². The van der Waals surface area contributed by atoms with Gasteiger partial charge in [0.2, 0.25) is 0 Å². The molecule has 0 fully saturated rings.